The standard InChI is InChI=1S/C13H13F3N2/c1-2-18-8-9(7-12(18)17)10-5-3-4-6-11(10)13(14,15)16/h3-8H,2,17H2,1H3. The first-order valence-electron chi connectivity index (χ1n) is 5.55. The maximum atomic E-state index is 12.9. The molecule has 0 unspecified atom stereocenters. The van der Waals surface area contributed by atoms with Crippen molar-refractivity contribution < 1.29 is 13.2 Å². The Bertz CT molecular complexity index is 556. The van der Waals surface area contributed by atoms with Crippen molar-refractivity contribution in [2.45, 2.75) is 19.6 Å². The fraction of sp³-hybridized carbons (Fsp3) is 0.231. The molecule has 2 rings (SSSR count). The second-order valence-corrected chi connectivity index (χ2v) is 3.98. The number of hydrogen-bond acceptors (Lipinski definition) is 1. The third kappa shape index (κ3) is 2.20. The van der Waals surface area contributed by atoms with Crippen molar-refractivity contribution in [1.29, 1.82) is 0 Å². The number of nitrogens with two attached hydrogens (primary N) is 1. The largest absolute Gasteiger partial charge is 0.417 e. The molecule has 1 heterocycles. The van der Waals surface area contributed by atoms with Gasteiger partial charge in [-0.1, -0.05) is 18.2 Å². The molecule has 2 N–H and O–H groups in total. The molecule has 0 atom stereocenters. The van der Waals surface area contributed by atoms with E-state index in [1.807, 2.05) is 6.92 Å². The second kappa shape index (κ2) is 4.40. The zero-order chi connectivity index (χ0) is 13.3. The van der Waals surface area contributed by atoms with Crippen LogP contribution >= 0.6 is 0 Å². The van der Waals surface area contributed by atoms with Crippen molar-refractivity contribution >= 4 is 5.82 Å². The SMILES string of the molecule is CCn1cc(-c2ccccc2C(F)(F)F)cc1N. The van der Waals surface area contributed by atoms with Gasteiger partial charge in [0.2, 0.25) is 0 Å². The average molecular weight is 254 g/mol. The van der Waals surface area contributed by atoms with Gasteiger partial charge in [-0.2, -0.15) is 13.2 Å². The number of aryl methyl sites for hydroxylation is 1. The topological polar surface area (TPSA) is 30.9 Å². The molecular weight excluding hydrogens is 241 g/mol. The van der Waals surface area contributed by atoms with Gasteiger partial charge in [-0.05, 0) is 24.6 Å². The van der Waals surface area contributed by atoms with Gasteiger partial charge in [0.1, 0.15) is 5.82 Å². The van der Waals surface area contributed by atoms with E-state index in [0.29, 0.717) is 17.9 Å². The molecule has 0 aliphatic carbocycles. The van der Waals surface area contributed by atoms with E-state index in [1.54, 1.807) is 22.9 Å². The smallest absolute Gasteiger partial charge is 0.385 e. The molecule has 2 nitrogen and oxygen atoms in total. The third-order valence-electron chi connectivity index (χ3n) is 2.81. The van der Waals surface area contributed by atoms with E-state index in [4.69, 9.17) is 5.73 Å². The van der Waals surface area contributed by atoms with Crippen LogP contribution in [0.5, 0.6) is 0 Å². The molecule has 0 aliphatic rings. The molecule has 0 saturated heterocycles. The molecule has 2 aromatic rings. The predicted molar refractivity (Wildman–Crippen MR) is 65.0 cm³/mol. The molecule has 0 bridgehead atoms. The van der Waals surface area contributed by atoms with E-state index in [-0.39, 0.29) is 5.56 Å². The van der Waals surface area contributed by atoms with Crippen molar-refractivity contribution in [3.05, 3.63) is 42.1 Å². The molecule has 0 saturated carbocycles. The van der Waals surface area contributed by atoms with E-state index < -0.39 is 11.7 Å². The molecule has 0 radical (unpaired) electrons. The number of anilines is 1. The molecule has 1 aromatic heterocycles. The highest BCUT2D eigenvalue weighted by Crippen LogP contribution is 2.37. The zero-order valence-corrected chi connectivity index (χ0v) is 9.83. The highest BCUT2D eigenvalue weighted by atomic mass is 19.4. The summed E-state index contributed by atoms with van der Waals surface area (Å²) in [5.74, 6) is 0.462. The summed E-state index contributed by atoms with van der Waals surface area (Å²) in [6, 6.07) is 7.07. The Balaban J connectivity index is 2.57. The monoisotopic (exact) mass is 254 g/mol. The first-order chi connectivity index (χ1) is 8.43. The Morgan fingerprint density at radius 2 is 1.89 bits per heavy atom. The molecular formula is C13H13F3N2. The number of nitrogen functional groups attached to an aromatic ring is 1. The number of alkyl halides is 3. The molecule has 0 aliphatic heterocycles. The summed E-state index contributed by atoms with van der Waals surface area (Å²) >= 11 is 0. The maximum Gasteiger partial charge on any atom is 0.417 e. The van der Waals surface area contributed by atoms with Gasteiger partial charge in [0.25, 0.3) is 0 Å². The van der Waals surface area contributed by atoms with Gasteiger partial charge >= 0.3 is 6.18 Å². The van der Waals surface area contributed by atoms with Crippen LogP contribution in [-0.2, 0) is 12.7 Å². The fourth-order valence-corrected chi connectivity index (χ4v) is 1.93. The first kappa shape index (κ1) is 12.5. The van der Waals surface area contributed by atoms with Crippen LogP contribution in [0.4, 0.5) is 19.0 Å². The van der Waals surface area contributed by atoms with Crippen molar-refractivity contribution in [2.75, 3.05) is 5.73 Å². The van der Waals surface area contributed by atoms with Crippen molar-refractivity contribution in [3.63, 3.8) is 0 Å². The molecule has 0 fully saturated rings. The van der Waals surface area contributed by atoms with Gasteiger partial charge in [-0.3, -0.25) is 0 Å². The van der Waals surface area contributed by atoms with Gasteiger partial charge in [0, 0.05) is 18.3 Å². The number of hydrogen-bond donors (Lipinski definition) is 1. The number of nitrogens with zero attached hydrogens (tertiary/aromatic N) is 1. The second-order valence-electron chi connectivity index (χ2n) is 3.98. The summed E-state index contributed by atoms with van der Waals surface area (Å²) in [6.07, 6.45) is -2.72. The third-order valence-corrected chi connectivity index (χ3v) is 2.81. The fourth-order valence-electron chi connectivity index (χ4n) is 1.93. The normalized spacial score (nSPS) is 11.8. The van der Waals surface area contributed by atoms with E-state index in [9.17, 15) is 13.2 Å². The summed E-state index contributed by atoms with van der Waals surface area (Å²) in [5.41, 5.74) is 5.73. The van der Waals surface area contributed by atoms with Gasteiger partial charge in [-0.15, -0.1) is 0 Å². The summed E-state index contributed by atoms with van der Waals surface area (Å²) in [7, 11) is 0. The van der Waals surface area contributed by atoms with Crippen LogP contribution < -0.4 is 5.73 Å². The Labute approximate surface area is 103 Å². The maximum absolute atomic E-state index is 12.9. The molecule has 0 amide bonds. The Morgan fingerprint density at radius 3 is 2.44 bits per heavy atom. The summed E-state index contributed by atoms with van der Waals surface area (Å²) in [4.78, 5) is 0. The minimum absolute atomic E-state index is 0.156. The lowest BCUT2D eigenvalue weighted by atomic mass is 10.0. The lowest BCUT2D eigenvalue weighted by molar-refractivity contribution is -0.137. The molecule has 96 valence electrons. The van der Waals surface area contributed by atoms with Gasteiger partial charge < -0.3 is 10.3 Å². The first-order valence-corrected chi connectivity index (χ1v) is 5.55. The highest BCUT2D eigenvalue weighted by Gasteiger charge is 2.33. The number of aromatic nitrogens is 1. The predicted octanol–water partition coefficient (Wildman–Crippen LogP) is 3.78. The highest BCUT2D eigenvalue weighted by molar-refractivity contribution is 5.70. The van der Waals surface area contributed by atoms with Crippen molar-refractivity contribution in [2.24, 2.45) is 0 Å². The molecule has 5 heteroatoms. The van der Waals surface area contributed by atoms with Crippen LogP contribution in [0.1, 0.15) is 12.5 Å². The van der Waals surface area contributed by atoms with Gasteiger partial charge in [0.15, 0.2) is 0 Å². The van der Waals surface area contributed by atoms with Crippen LogP contribution in [-0.4, -0.2) is 4.57 Å². The minimum Gasteiger partial charge on any atom is -0.385 e. The van der Waals surface area contributed by atoms with Crippen LogP contribution in [0.25, 0.3) is 11.1 Å². The number of rotatable bonds is 2. The summed E-state index contributed by atoms with van der Waals surface area (Å²) in [6.45, 7) is 2.51. The van der Waals surface area contributed by atoms with Crippen LogP contribution in [0.15, 0.2) is 36.5 Å². The minimum atomic E-state index is -4.36. The zero-order valence-electron chi connectivity index (χ0n) is 9.83. The van der Waals surface area contributed by atoms with Crippen molar-refractivity contribution in [3.8, 4) is 11.1 Å². The average Bonchev–Trinajstić information content (AvgIpc) is 2.69. The van der Waals surface area contributed by atoms with E-state index in [2.05, 4.69) is 0 Å². The lowest BCUT2D eigenvalue weighted by Gasteiger charge is -2.11. The molecule has 1 aromatic carbocycles. The van der Waals surface area contributed by atoms with Crippen LogP contribution in [0.2, 0.25) is 0 Å². The number of benzene rings is 1. The Morgan fingerprint density at radius 1 is 1.22 bits per heavy atom. The molecule has 18 heavy (non-hydrogen) atoms. The van der Waals surface area contributed by atoms with E-state index in [0.717, 1.165) is 6.07 Å². The Hall–Kier alpha value is -1.91. The summed E-state index contributed by atoms with van der Waals surface area (Å²) < 4.78 is 40.4. The Kier molecular flexibility index (Phi) is 3.07. The van der Waals surface area contributed by atoms with Gasteiger partial charge in [0.05, 0.1) is 5.56 Å². The van der Waals surface area contributed by atoms with E-state index in [1.165, 1.54) is 12.1 Å². The number of halogens is 3. The van der Waals surface area contributed by atoms with E-state index >= 15 is 0 Å². The lowest BCUT2D eigenvalue weighted by Crippen LogP contribution is -2.06. The van der Waals surface area contributed by atoms with Crippen LogP contribution in [0.3, 0.4) is 0 Å². The quantitative estimate of drug-likeness (QED) is 0.868. The summed E-state index contributed by atoms with van der Waals surface area (Å²) in [5, 5.41) is 0. The van der Waals surface area contributed by atoms with Crippen LogP contribution in [0, 0.1) is 0 Å². The van der Waals surface area contributed by atoms with Gasteiger partial charge in [-0.25, -0.2) is 0 Å². The molecule has 0 spiro atoms. The van der Waals surface area contributed by atoms with Crippen molar-refractivity contribution in [1.82, 2.24) is 4.57 Å².